The molecular formula is C12H11N3O2S. The first-order valence-corrected chi connectivity index (χ1v) is 6.39. The van der Waals surface area contributed by atoms with Gasteiger partial charge in [-0.3, -0.25) is 0 Å². The number of hydrogen-bond acceptors (Lipinski definition) is 5. The lowest BCUT2D eigenvalue weighted by Gasteiger charge is -2.08. The highest BCUT2D eigenvalue weighted by Gasteiger charge is 2.11. The van der Waals surface area contributed by atoms with Crippen LogP contribution in [0.5, 0.6) is 0 Å². The van der Waals surface area contributed by atoms with Crippen LogP contribution >= 0.6 is 11.8 Å². The molecule has 0 aliphatic rings. The number of aromatic nitrogens is 2. The Bertz CT molecular complexity index is 558. The van der Waals surface area contributed by atoms with Crippen molar-refractivity contribution in [2.24, 2.45) is 0 Å². The van der Waals surface area contributed by atoms with Gasteiger partial charge in [-0.1, -0.05) is 0 Å². The molecule has 0 amide bonds. The number of hydrogen-bond donors (Lipinski definition) is 2. The van der Waals surface area contributed by atoms with E-state index in [1.165, 1.54) is 6.20 Å². The van der Waals surface area contributed by atoms with E-state index < -0.39 is 5.97 Å². The summed E-state index contributed by atoms with van der Waals surface area (Å²) in [7, 11) is 0. The first-order valence-electron chi connectivity index (χ1n) is 5.17. The molecule has 1 heterocycles. The Morgan fingerprint density at radius 3 is 2.61 bits per heavy atom. The van der Waals surface area contributed by atoms with E-state index in [1.54, 1.807) is 17.8 Å². The van der Waals surface area contributed by atoms with E-state index in [1.807, 2.05) is 30.5 Å². The Kier molecular flexibility index (Phi) is 3.78. The summed E-state index contributed by atoms with van der Waals surface area (Å²) in [5.74, 6) is -1.11. The summed E-state index contributed by atoms with van der Waals surface area (Å²) < 4.78 is 0. The van der Waals surface area contributed by atoms with Crippen molar-refractivity contribution in [2.75, 3.05) is 11.6 Å². The third-order valence-electron chi connectivity index (χ3n) is 2.29. The Morgan fingerprint density at radius 2 is 2.00 bits per heavy atom. The van der Waals surface area contributed by atoms with Crippen molar-refractivity contribution in [2.45, 2.75) is 4.90 Å². The molecule has 6 heteroatoms. The average molecular weight is 261 g/mol. The predicted octanol–water partition coefficient (Wildman–Crippen LogP) is 2.64. The van der Waals surface area contributed by atoms with Gasteiger partial charge in [0.15, 0.2) is 5.69 Å². The minimum Gasteiger partial charge on any atom is -0.476 e. The first kappa shape index (κ1) is 12.4. The van der Waals surface area contributed by atoms with Gasteiger partial charge >= 0.3 is 5.97 Å². The molecule has 0 unspecified atom stereocenters. The molecule has 0 radical (unpaired) electrons. The fraction of sp³-hybridized carbons (Fsp3) is 0.0833. The molecule has 2 rings (SSSR count). The summed E-state index contributed by atoms with van der Waals surface area (Å²) in [6.07, 6.45) is 3.45. The zero-order valence-electron chi connectivity index (χ0n) is 9.62. The summed E-state index contributed by atoms with van der Waals surface area (Å²) in [4.78, 5) is 12.1. The van der Waals surface area contributed by atoms with Gasteiger partial charge in [-0.25, -0.2) is 4.79 Å². The molecule has 0 aliphatic heterocycles. The standard InChI is InChI=1S/C12H11N3O2S/c1-18-9-4-2-8(3-5-9)14-10-6-7-13-15-11(10)12(16)17/h2-7H,1H3,(H,13,14)(H,16,17). The molecule has 0 atom stereocenters. The number of thioether (sulfide) groups is 1. The molecule has 1 aromatic carbocycles. The summed E-state index contributed by atoms with van der Waals surface area (Å²) in [6, 6.07) is 9.28. The van der Waals surface area contributed by atoms with E-state index in [0.29, 0.717) is 5.69 Å². The van der Waals surface area contributed by atoms with E-state index >= 15 is 0 Å². The lowest BCUT2D eigenvalue weighted by Crippen LogP contribution is -2.06. The summed E-state index contributed by atoms with van der Waals surface area (Å²) >= 11 is 1.65. The number of carboxylic acid groups (broad SMARTS) is 1. The Hall–Kier alpha value is -2.08. The van der Waals surface area contributed by atoms with Gasteiger partial charge in [-0.15, -0.1) is 16.9 Å². The van der Waals surface area contributed by atoms with Crippen LogP contribution in [0.15, 0.2) is 41.4 Å². The lowest BCUT2D eigenvalue weighted by molar-refractivity contribution is 0.0690. The maximum atomic E-state index is 11.0. The number of nitrogens with one attached hydrogen (secondary N) is 1. The van der Waals surface area contributed by atoms with Crippen LogP contribution in [0, 0.1) is 0 Å². The van der Waals surface area contributed by atoms with Crippen LogP contribution in [0.4, 0.5) is 11.4 Å². The minimum atomic E-state index is -1.11. The Balaban J connectivity index is 2.25. The van der Waals surface area contributed by atoms with Gasteiger partial charge in [0.05, 0.1) is 11.9 Å². The first-order chi connectivity index (χ1) is 8.70. The molecule has 0 spiro atoms. The van der Waals surface area contributed by atoms with Crippen molar-refractivity contribution in [3.8, 4) is 0 Å². The highest BCUT2D eigenvalue weighted by atomic mass is 32.2. The van der Waals surface area contributed by atoms with E-state index in [-0.39, 0.29) is 5.69 Å². The van der Waals surface area contributed by atoms with Gasteiger partial charge in [-0.2, -0.15) is 5.10 Å². The van der Waals surface area contributed by atoms with Crippen LogP contribution < -0.4 is 5.32 Å². The SMILES string of the molecule is CSc1ccc(Nc2ccnnc2C(=O)O)cc1. The maximum absolute atomic E-state index is 11.0. The second kappa shape index (κ2) is 5.50. The number of nitrogens with zero attached hydrogens (tertiary/aromatic N) is 2. The summed E-state index contributed by atoms with van der Waals surface area (Å²) in [5, 5.41) is 19.1. The fourth-order valence-corrected chi connectivity index (χ4v) is 1.83. The number of carboxylic acids is 1. The Labute approximate surface area is 108 Å². The predicted molar refractivity (Wildman–Crippen MR) is 70.5 cm³/mol. The zero-order chi connectivity index (χ0) is 13.0. The third kappa shape index (κ3) is 2.78. The molecular weight excluding hydrogens is 250 g/mol. The second-order valence-electron chi connectivity index (χ2n) is 3.45. The second-order valence-corrected chi connectivity index (χ2v) is 4.33. The summed E-state index contributed by atoms with van der Waals surface area (Å²) in [5.41, 5.74) is 1.14. The molecule has 0 aliphatic carbocycles. The van der Waals surface area contributed by atoms with Gasteiger partial charge in [-0.05, 0) is 36.6 Å². The molecule has 5 nitrogen and oxygen atoms in total. The molecule has 2 N–H and O–H groups in total. The largest absolute Gasteiger partial charge is 0.476 e. The molecule has 0 saturated heterocycles. The Morgan fingerprint density at radius 1 is 1.28 bits per heavy atom. The van der Waals surface area contributed by atoms with Gasteiger partial charge in [0, 0.05) is 10.6 Å². The third-order valence-corrected chi connectivity index (χ3v) is 3.04. The van der Waals surface area contributed by atoms with Crippen LogP contribution in [0.1, 0.15) is 10.5 Å². The number of benzene rings is 1. The van der Waals surface area contributed by atoms with Crippen LogP contribution in [0.3, 0.4) is 0 Å². The van der Waals surface area contributed by atoms with E-state index in [9.17, 15) is 4.79 Å². The molecule has 1 aromatic heterocycles. The number of rotatable bonds is 4. The molecule has 0 fully saturated rings. The highest BCUT2D eigenvalue weighted by Crippen LogP contribution is 2.22. The van der Waals surface area contributed by atoms with Crippen molar-refractivity contribution >= 4 is 29.1 Å². The van der Waals surface area contributed by atoms with Gasteiger partial charge in [0.2, 0.25) is 0 Å². The molecule has 0 saturated carbocycles. The highest BCUT2D eigenvalue weighted by molar-refractivity contribution is 7.98. The normalized spacial score (nSPS) is 10.1. The molecule has 92 valence electrons. The van der Waals surface area contributed by atoms with Crippen LogP contribution in [0.25, 0.3) is 0 Å². The number of carbonyl (C=O) groups is 1. The van der Waals surface area contributed by atoms with Crippen molar-refractivity contribution in [1.82, 2.24) is 10.2 Å². The smallest absolute Gasteiger partial charge is 0.358 e. The maximum Gasteiger partial charge on any atom is 0.358 e. The van der Waals surface area contributed by atoms with E-state index in [0.717, 1.165) is 10.6 Å². The average Bonchev–Trinajstić information content (AvgIpc) is 2.40. The van der Waals surface area contributed by atoms with Crippen LogP contribution in [-0.4, -0.2) is 27.5 Å². The summed E-state index contributed by atoms with van der Waals surface area (Å²) in [6.45, 7) is 0. The van der Waals surface area contributed by atoms with Gasteiger partial charge in [0.1, 0.15) is 0 Å². The fourth-order valence-electron chi connectivity index (χ4n) is 1.42. The monoisotopic (exact) mass is 261 g/mol. The van der Waals surface area contributed by atoms with Crippen LogP contribution in [0.2, 0.25) is 0 Å². The van der Waals surface area contributed by atoms with Crippen molar-refractivity contribution in [1.29, 1.82) is 0 Å². The molecule has 18 heavy (non-hydrogen) atoms. The number of anilines is 2. The van der Waals surface area contributed by atoms with Gasteiger partial charge < -0.3 is 10.4 Å². The molecule has 2 aromatic rings. The number of aromatic carboxylic acids is 1. The van der Waals surface area contributed by atoms with Crippen molar-refractivity contribution in [3.05, 3.63) is 42.2 Å². The lowest BCUT2D eigenvalue weighted by atomic mass is 10.2. The van der Waals surface area contributed by atoms with E-state index in [2.05, 4.69) is 15.5 Å². The van der Waals surface area contributed by atoms with Gasteiger partial charge in [0.25, 0.3) is 0 Å². The topological polar surface area (TPSA) is 75.1 Å². The molecule has 0 bridgehead atoms. The minimum absolute atomic E-state index is 0.0913. The van der Waals surface area contributed by atoms with Crippen molar-refractivity contribution < 1.29 is 9.90 Å². The zero-order valence-corrected chi connectivity index (χ0v) is 10.4. The van der Waals surface area contributed by atoms with Crippen molar-refractivity contribution in [3.63, 3.8) is 0 Å². The quantitative estimate of drug-likeness (QED) is 0.824. The van der Waals surface area contributed by atoms with E-state index in [4.69, 9.17) is 5.11 Å². The van der Waals surface area contributed by atoms with Crippen LogP contribution in [-0.2, 0) is 0 Å².